The second-order valence-corrected chi connectivity index (χ2v) is 8.17. The van der Waals surface area contributed by atoms with Gasteiger partial charge in [0.1, 0.15) is 11.6 Å². The van der Waals surface area contributed by atoms with E-state index in [0.717, 1.165) is 47.9 Å². The van der Waals surface area contributed by atoms with E-state index in [-0.39, 0.29) is 11.8 Å². The highest BCUT2D eigenvalue weighted by Gasteiger charge is 2.15. The number of anilines is 2. The predicted molar refractivity (Wildman–Crippen MR) is 120 cm³/mol. The maximum atomic E-state index is 12.1. The third kappa shape index (κ3) is 5.96. The molecule has 0 atom stereocenters. The van der Waals surface area contributed by atoms with Crippen LogP contribution in [0, 0.1) is 0 Å². The molecule has 1 aromatic carbocycles. The lowest BCUT2D eigenvalue weighted by Crippen LogP contribution is -2.30. The fourth-order valence-electron chi connectivity index (χ4n) is 3.99. The van der Waals surface area contributed by atoms with E-state index in [0.29, 0.717) is 32.4 Å². The van der Waals surface area contributed by atoms with Gasteiger partial charge in [-0.25, -0.2) is 4.98 Å². The van der Waals surface area contributed by atoms with Crippen molar-refractivity contribution in [2.24, 2.45) is 0 Å². The number of rotatable bonds is 8. The monoisotopic (exact) mass is 422 g/mol. The highest BCUT2D eigenvalue weighted by atomic mass is 16.5. The lowest BCUT2D eigenvalue weighted by molar-refractivity contribution is -0.121. The van der Waals surface area contributed by atoms with Crippen LogP contribution in [0.3, 0.4) is 0 Å². The zero-order chi connectivity index (χ0) is 21.5. The second kappa shape index (κ2) is 10.3. The molecule has 3 heterocycles. The minimum atomic E-state index is 0.0110. The number of hydrogen-bond donors (Lipinski definition) is 2. The Hall–Kier alpha value is -3.09. The van der Waals surface area contributed by atoms with Gasteiger partial charge in [-0.15, -0.1) is 0 Å². The van der Waals surface area contributed by atoms with E-state index >= 15 is 0 Å². The van der Waals surface area contributed by atoms with Crippen molar-refractivity contribution in [3.8, 4) is 5.75 Å². The summed E-state index contributed by atoms with van der Waals surface area (Å²) in [6.07, 6.45) is 7.92. The molecule has 7 heteroatoms. The summed E-state index contributed by atoms with van der Waals surface area (Å²) in [4.78, 5) is 30.4. The first-order chi connectivity index (χ1) is 15.2. The van der Waals surface area contributed by atoms with Gasteiger partial charge in [0, 0.05) is 44.4 Å². The molecular weight excluding hydrogens is 392 g/mol. The highest BCUT2D eigenvalue weighted by molar-refractivity contribution is 5.94. The van der Waals surface area contributed by atoms with Crippen LogP contribution in [0.5, 0.6) is 5.75 Å². The summed E-state index contributed by atoms with van der Waals surface area (Å²) in [5.74, 6) is 1.87. The Labute approximate surface area is 183 Å². The van der Waals surface area contributed by atoms with Crippen molar-refractivity contribution < 1.29 is 14.3 Å². The molecule has 31 heavy (non-hydrogen) atoms. The number of amides is 2. The standard InChI is InChI=1S/C24H30N4O3/c29-23(26-17-18-6-10-22(25-16-18)28-12-2-1-3-13-28)5-4-14-31-20-8-9-21-19(15-20)7-11-24(30)27-21/h6,8-10,15-16H,1-5,7,11-14,17H2,(H,26,29)(H,27,30). The molecule has 2 aliphatic rings. The summed E-state index contributed by atoms with van der Waals surface area (Å²) < 4.78 is 5.78. The smallest absolute Gasteiger partial charge is 0.224 e. The normalized spacial score (nSPS) is 15.7. The van der Waals surface area contributed by atoms with Crippen molar-refractivity contribution in [2.75, 3.05) is 29.9 Å². The number of carbonyl (C=O) groups is 2. The zero-order valence-corrected chi connectivity index (χ0v) is 17.9. The van der Waals surface area contributed by atoms with Gasteiger partial charge in [-0.1, -0.05) is 6.07 Å². The van der Waals surface area contributed by atoms with Crippen molar-refractivity contribution in [1.29, 1.82) is 0 Å². The Bertz CT molecular complexity index is 908. The van der Waals surface area contributed by atoms with Crippen LogP contribution in [0.2, 0.25) is 0 Å². The minimum Gasteiger partial charge on any atom is -0.494 e. The number of fused-ring (bicyclic) bond motifs is 1. The minimum absolute atomic E-state index is 0.0110. The van der Waals surface area contributed by atoms with Crippen LogP contribution in [0.1, 0.15) is 49.7 Å². The first-order valence-electron chi connectivity index (χ1n) is 11.2. The molecule has 164 valence electrons. The second-order valence-electron chi connectivity index (χ2n) is 8.17. The Balaban J connectivity index is 1.14. The third-order valence-corrected chi connectivity index (χ3v) is 5.77. The Morgan fingerprint density at radius 2 is 2.00 bits per heavy atom. The van der Waals surface area contributed by atoms with Crippen LogP contribution >= 0.6 is 0 Å². The van der Waals surface area contributed by atoms with Crippen LogP contribution in [0.25, 0.3) is 0 Å². The first kappa shape index (κ1) is 21.2. The lowest BCUT2D eigenvalue weighted by atomic mass is 10.0. The molecule has 0 aliphatic carbocycles. The van der Waals surface area contributed by atoms with Crippen molar-refractivity contribution >= 4 is 23.3 Å². The van der Waals surface area contributed by atoms with E-state index in [9.17, 15) is 9.59 Å². The molecule has 4 rings (SSSR count). The van der Waals surface area contributed by atoms with Gasteiger partial charge in [0.05, 0.1) is 6.61 Å². The Morgan fingerprint density at radius 1 is 1.13 bits per heavy atom. The molecule has 1 aromatic heterocycles. The molecule has 0 saturated carbocycles. The van der Waals surface area contributed by atoms with Crippen molar-refractivity contribution in [2.45, 2.75) is 51.5 Å². The number of benzene rings is 1. The molecule has 2 aliphatic heterocycles. The summed E-state index contributed by atoms with van der Waals surface area (Å²) in [6, 6.07) is 9.78. The van der Waals surface area contributed by atoms with Crippen molar-refractivity contribution in [3.63, 3.8) is 0 Å². The molecule has 2 aromatic rings. The fraction of sp³-hybridized carbons (Fsp3) is 0.458. The summed E-state index contributed by atoms with van der Waals surface area (Å²) in [6.45, 7) is 3.12. The molecule has 1 fully saturated rings. The molecule has 2 amide bonds. The van der Waals surface area contributed by atoms with E-state index < -0.39 is 0 Å². The average molecular weight is 423 g/mol. The molecular formula is C24H30N4O3. The summed E-state index contributed by atoms with van der Waals surface area (Å²) in [7, 11) is 0. The number of aromatic nitrogens is 1. The molecule has 0 radical (unpaired) electrons. The predicted octanol–water partition coefficient (Wildman–Crippen LogP) is 3.43. The fourth-order valence-corrected chi connectivity index (χ4v) is 3.99. The number of carbonyl (C=O) groups excluding carboxylic acids is 2. The number of aryl methyl sites for hydroxylation is 1. The molecule has 7 nitrogen and oxygen atoms in total. The van der Waals surface area contributed by atoms with Gasteiger partial charge >= 0.3 is 0 Å². The maximum Gasteiger partial charge on any atom is 0.224 e. The molecule has 0 bridgehead atoms. The first-order valence-corrected chi connectivity index (χ1v) is 11.2. The van der Waals surface area contributed by atoms with Crippen LogP contribution in [0.15, 0.2) is 36.5 Å². The summed E-state index contributed by atoms with van der Waals surface area (Å²) in [5, 5.41) is 5.82. The number of pyridine rings is 1. The molecule has 2 N–H and O–H groups in total. The van der Waals surface area contributed by atoms with Crippen LogP contribution in [-0.2, 0) is 22.6 Å². The number of nitrogens with zero attached hydrogens (tertiary/aromatic N) is 2. The van der Waals surface area contributed by atoms with E-state index in [2.05, 4.69) is 20.5 Å². The van der Waals surface area contributed by atoms with Gasteiger partial charge in [-0.2, -0.15) is 0 Å². The van der Waals surface area contributed by atoms with Gasteiger partial charge in [0.15, 0.2) is 0 Å². The Kier molecular flexibility index (Phi) is 7.02. The van der Waals surface area contributed by atoms with Gasteiger partial charge < -0.3 is 20.3 Å². The summed E-state index contributed by atoms with van der Waals surface area (Å²) >= 11 is 0. The topological polar surface area (TPSA) is 83.6 Å². The van der Waals surface area contributed by atoms with Crippen LogP contribution in [-0.4, -0.2) is 36.5 Å². The maximum absolute atomic E-state index is 12.1. The quantitative estimate of drug-likeness (QED) is 0.637. The Morgan fingerprint density at radius 3 is 2.81 bits per heavy atom. The van der Waals surface area contributed by atoms with Crippen molar-refractivity contribution in [1.82, 2.24) is 10.3 Å². The molecule has 0 unspecified atom stereocenters. The van der Waals surface area contributed by atoms with Crippen LogP contribution in [0.4, 0.5) is 11.5 Å². The van der Waals surface area contributed by atoms with E-state index in [1.54, 1.807) is 0 Å². The van der Waals surface area contributed by atoms with Crippen LogP contribution < -0.4 is 20.3 Å². The van der Waals surface area contributed by atoms with E-state index in [1.807, 2.05) is 36.5 Å². The highest BCUT2D eigenvalue weighted by Crippen LogP contribution is 2.26. The largest absolute Gasteiger partial charge is 0.494 e. The van der Waals surface area contributed by atoms with Gasteiger partial charge in [-0.05, 0) is 67.5 Å². The number of ether oxygens (including phenoxy) is 1. The SMILES string of the molecule is O=C(CCCOc1ccc2c(c1)CCC(=O)N2)NCc1ccc(N2CCCCC2)nc1. The zero-order valence-electron chi connectivity index (χ0n) is 17.9. The third-order valence-electron chi connectivity index (χ3n) is 5.77. The summed E-state index contributed by atoms with van der Waals surface area (Å²) in [5.41, 5.74) is 2.96. The van der Waals surface area contributed by atoms with E-state index in [4.69, 9.17) is 4.74 Å². The van der Waals surface area contributed by atoms with Gasteiger partial charge in [0.25, 0.3) is 0 Å². The number of nitrogens with one attached hydrogen (secondary N) is 2. The van der Waals surface area contributed by atoms with Gasteiger partial charge in [-0.3, -0.25) is 9.59 Å². The number of hydrogen-bond acceptors (Lipinski definition) is 5. The lowest BCUT2D eigenvalue weighted by Gasteiger charge is -2.27. The van der Waals surface area contributed by atoms with Gasteiger partial charge in [0.2, 0.25) is 11.8 Å². The average Bonchev–Trinajstić information content (AvgIpc) is 2.81. The molecule has 0 spiro atoms. The van der Waals surface area contributed by atoms with Crippen molar-refractivity contribution in [3.05, 3.63) is 47.7 Å². The van der Waals surface area contributed by atoms with E-state index in [1.165, 1.54) is 19.3 Å². The molecule has 1 saturated heterocycles. The number of piperidine rings is 1.